The van der Waals surface area contributed by atoms with E-state index < -0.39 is 0 Å². The van der Waals surface area contributed by atoms with E-state index in [-0.39, 0.29) is 5.56 Å². The van der Waals surface area contributed by atoms with Gasteiger partial charge in [-0.05, 0) is 24.1 Å². The summed E-state index contributed by atoms with van der Waals surface area (Å²) in [6.45, 7) is 3.20. The third kappa shape index (κ3) is 3.20. The highest BCUT2D eigenvalue weighted by Gasteiger charge is 2.04. The average molecular weight is 258 g/mol. The number of aryl methyl sites for hydroxylation is 1. The lowest BCUT2D eigenvalue weighted by molar-refractivity contribution is 0.650. The van der Waals surface area contributed by atoms with Gasteiger partial charge in [-0.3, -0.25) is 4.79 Å². The lowest BCUT2D eigenvalue weighted by Crippen LogP contribution is -2.23. The molecule has 19 heavy (non-hydrogen) atoms. The summed E-state index contributed by atoms with van der Waals surface area (Å²) < 4.78 is 1.65. The normalized spacial score (nSPS) is 10.4. The number of nitrogens with zero attached hydrogens (tertiary/aromatic N) is 2. The minimum absolute atomic E-state index is 0.109. The van der Waals surface area contributed by atoms with Crippen molar-refractivity contribution in [3.05, 3.63) is 52.6 Å². The molecule has 0 amide bonds. The Kier molecular flexibility index (Phi) is 4.30. The van der Waals surface area contributed by atoms with Gasteiger partial charge in [-0.2, -0.15) is 0 Å². The van der Waals surface area contributed by atoms with Gasteiger partial charge in [0.05, 0.1) is 0 Å². The predicted octanol–water partition coefficient (Wildman–Crippen LogP) is 1.86. The molecule has 0 saturated heterocycles. The van der Waals surface area contributed by atoms with E-state index in [1.165, 1.54) is 0 Å². The van der Waals surface area contributed by atoms with Crippen LogP contribution in [-0.4, -0.2) is 9.55 Å². The van der Waals surface area contributed by atoms with E-state index in [1.54, 1.807) is 17.0 Å². The predicted molar refractivity (Wildman–Crippen MR) is 76.4 cm³/mol. The van der Waals surface area contributed by atoms with E-state index in [4.69, 9.17) is 5.73 Å². The first-order valence-electron chi connectivity index (χ1n) is 6.36. The first-order valence-corrected chi connectivity index (χ1v) is 6.36. The number of aromatic nitrogens is 2. The highest BCUT2D eigenvalue weighted by molar-refractivity contribution is 5.56. The molecule has 5 nitrogen and oxygen atoms in total. The van der Waals surface area contributed by atoms with Crippen LogP contribution in [0, 0.1) is 0 Å². The number of anilines is 2. The van der Waals surface area contributed by atoms with Gasteiger partial charge in [0, 0.05) is 31.2 Å². The molecule has 0 saturated carbocycles. The number of hydrogen-bond acceptors (Lipinski definition) is 4. The second-order valence-corrected chi connectivity index (χ2v) is 4.30. The third-order valence-electron chi connectivity index (χ3n) is 2.80. The molecule has 0 aliphatic rings. The van der Waals surface area contributed by atoms with Crippen molar-refractivity contribution in [2.45, 2.75) is 26.4 Å². The van der Waals surface area contributed by atoms with E-state index in [1.807, 2.05) is 31.2 Å². The Morgan fingerprint density at radius 1 is 1.42 bits per heavy atom. The third-order valence-corrected chi connectivity index (χ3v) is 2.80. The van der Waals surface area contributed by atoms with E-state index in [2.05, 4.69) is 10.3 Å². The van der Waals surface area contributed by atoms with Crippen molar-refractivity contribution in [1.82, 2.24) is 9.55 Å². The molecule has 1 aromatic carbocycles. The number of rotatable bonds is 5. The van der Waals surface area contributed by atoms with Crippen LogP contribution in [0.2, 0.25) is 0 Å². The van der Waals surface area contributed by atoms with Crippen LogP contribution in [0.5, 0.6) is 0 Å². The topological polar surface area (TPSA) is 72.9 Å². The average Bonchev–Trinajstić information content (AvgIpc) is 2.44. The molecular weight excluding hydrogens is 240 g/mol. The summed E-state index contributed by atoms with van der Waals surface area (Å²) in [5, 5.41) is 3.05. The van der Waals surface area contributed by atoms with Gasteiger partial charge in [-0.15, -0.1) is 0 Å². The highest BCUT2D eigenvalue weighted by atomic mass is 16.1. The Morgan fingerprint density at radius 2 is 2.26 bits per heavy atom. The van der Waals surface area contributed by atoms with Crippen molar-refractivity contribution < 1.29 is 0 Å². The molecule has 0 bridgehead atoms. The van der Waals surface area contributed by atoms with Gasteiger partial charge in [-0.1, -0.05) is 19.1 Å². The molecule has 1 aromatic heterocycles. The lowest BCUT2D eigenvalue weighted by atomic mass is 10.2. The summed E-state index contributed by atoms with van der Waals surface area (Å²) in [5.41, 5.74) is 7.32. The van der Waals surface area contributed by atoms with Crippen LogP contribution in [0.3, 0.4) is 0 Å². The van der Waals surface area contributed by atoms with Gasteiger partial charge in [0.2, 0.25) is 0 Å². The Hall–Kier alpha value is -2.14. The smallest absolute Gasteiger partial charge is 0.293 e. The maximum absolute atomic E-state index is 12.1. The Bertz CT molecular complexity index is 606. The van der Waals surface area contributed by atoms with Crippen LogP contribution in [0.4, 0.5) is 11.5 Å². The summed E-state index contributed by atoms with van der Waals surface area (Å²) in [6.07, 6.45) is 4.24. The SMILES string of the molecule is CCCn1ccnc(Nc2cccc(CN)c2)c1=O. The fourth-order valence-corrected chi connectivity index (χ4v) is 1.86. The zero-order valence-corrected chi connectivity index (χ0v) is 11.0. The van der Waals surface area contributed by atoms with Crippen molar-refractivity contribution in [1.29, 1.82) is 0 Å². The Morgan fingerprint density at radius 3 is 3.00 bits per heavy atom. The van der Waals surface area contributed by atoms with Gasteiger partial charge in [0.25, 0.3) is 5.56 Å². The molecule has 0 aliphatic heterocycles. The molecule has 0 fully saturated rings. The number of benzene rings is 1. The maximum atomic E-state index is 12.1. The van der Waals surface area contributed by atoms with Gasteiger partial charge >= 0.3 is 0 Å². The molecule has 3 N–H and O–H groups in total. The molecule has 2 aromatic rings. The summed E-state index contributed by atoms with van der Waals surface area (Å²) >= 11 is 0. The monoisotopic (exact) mass is 258 g/mol. The molecule has 5 heteroatoms. The van der Waals surface area contributed by atoms with Gasteiger partial charge in [-0.25, -0.2) is 4.98 Å². The summed E-state index contributed by atoms with van der Waals surface area (Å²) in [7, 11) is 0. The van der Waals surface area contributed by atoms with Crippen molar-refractivity contribution in [3.8, 4) is 0 Å². The van der Waals surface area contributed by atoms with Crippen LogP contribution in [-0.2, 0) is 13.1 Å². The van der Waals surface area contributed by atoms with Gasteiger partial charge < -0.3 is 15.6 Å². The first-order chi connectivity index (χ1) is 9.24. The number of nitrogens with two attached hydrogens (primary N) is 1. The minimum Gasteiger partial charge on any atom is -0.336 e. The molecule has 0 atom stereocenters. The largest absolute Gasteiger partial charge is 0.336 e. The quantitative estimate of drug-likeness (QED) is 0.858. The van der Waals surface area contributed by atoms with Crippen LogP contribution in [0.25, 0.3) is 0 Å². The fraction of sp³-hybridized carbons (Fsp3) is 0.286. The molecule has 0 aliphatic carbocycles. The van der Waals surface area contributed by atoms with Crippen LogP contribution < -0.4 is 16.6 Å². The molecule has 1 heterocycles. The Balaban J connectivity index is 2.27. The zero-order valence-electron chi connectivity index (χ0n) is 11.0. The zero-order chi connectivity index (χ0) is 13.7. The fourth-order valence-electron chi connectivity index (χ4n) is 1.86. The second-order valence-electron chi connectivity index (χ2n) is 4.30. The van der Waals surface area contributed by atoms with Crippen LogP contribution in [0.15, 0.2) is 41.5 Å². The molecule has 0 spiro atoms. The molecular formula is C14H18N4O. The summed E-state index contributed by atoms with van der Waals surface area (Å²) in [4.78, 5) is 16.2. The van der Waals surface area contributed by atoms with Crippen molar-refractivity contribution >= 4 is 11.5 Å². The van der Waals surface area contributed by atoms with Gasteiger partial charge in [0.15, 0.2) is 5.82 Å². The van der Waals surface area contributed by atoms with E-state index in [9.17, 15) is 4.79 Å². The lowest BCUT2D eigenvalue weighted by Gasteiger charge is -2.09. The van der Waals surface area contributed by atoms with E-state index in [0.29, 0.717) is 18.9 Å². The molecule has 0 unspecified atom stereocenters. The molecule has 100 valence electrons. The van der Waals surface area contributed by atoms with Crippen molar-refractivity contribution in [3.63, 3.8) is 0 Å². The standard InChI is InChI=1S/C14H18N4O/c1-2-7-18-8-6-16-13(14(18)19)17-12-5-3-4-11(9-12)10-15/h3-6,8-9H,2,7,10,15H2,1H3,(H,16,17). The summed E-state index contributed by atoms with van der Waals surface area (Å²) in [6, 6.07) is 7.65. The van der Waals surface area contributed by atoms with Crippen molar-refractivity contribution in [2.24, 2.45) is 5.73 Å². The van der Waals surface area contributed by atoms with Gasteiger partial charge in [0.1, 0.15) is 0 Å². The van der Waals surface area contributed by atoms with Crippen LogP contribution in [0.1, 0.15) is 18.9 Å². The second kappa shape index (κ2) is 6.15. The van der Waals surface area contributed by atoms with E-state index >= 15 is 0 Å². The maximum Gasteiger partial charge on any atom is 0.293 e. The molecule has 0 radical (unpaired) electrons. The number of hydrogen-bond donors (Lipinski definition) is 2. The highest BCUT2D eigenvalue weighted by Crippen LogP contribution is 2.13. The minimum atomic E-state index is -0.109. The summed E-state index contributed by atoms with van der Waals surface area (Å²) in [5.74, 6) is 0.338. The Labute approximate surface area is 112 Å². The van der Waals surface area contributed by atoms with Crippen molar-refractivity contribution in [2.75, 3.05) is 5.32 Å². The van der Waals surface area contributed by atoms with Crippen LogP contribution >= 0.6 is 0 Å². The first kappa shape index (κ1) is 13.3. The molecule has 2 rings (SSSR count). The van der Waals surface area contributed by atoms with E-state index in [0.717, 1.165) is 17.7 Å². The number of nitrogens with one attached hydrogen (secondary N) is 1.